The van der Waals surface area contributed by atoms with E-state index in [9.17, 15) is 23.8 Å². The summed E-state index contributed by atoms with van der Waals surface area (Å²) in [5.41, 5.74) is 0.383. The van der Waals surface area contributed by atoms with Gasteiger partial charge >= 0.3 is 5.97 Å². The molecular formula is C28H29F2NO4. The Kier molecular flexibility index (Phi) is 7.19. The number of halogens is 2. The smallest absolute Gasteiger partial charge is 0.343 e. The third kappa shape index (κ3) is 5.21. The Morgan fingerprint density at radius 3 is 2.54 bits per heavy atom. The highest BCUT2D eigenvalue weighted by atomic mass is 19.1. The molecule has 1 saturated carbocycles. The van der Waals surface area contributed by atoms with Crippen LogP contribution in [0, 0.1) is 17.6 Å². The highest BCUT2D eigenvalue weighted by Crippen LogP contribution is 2.43. The van der Waals surface area contributed by atoms with Gasteiger partial charge in [-0.15, -0.1) is 0 Å². The number of benzene rings is 3. The van der Waals surface area contributed by atoms with Gasteiger partial charge in [-0.2, -0.15) is 0 Å². The summed E-state index contributed by atoms with van der Waals surface area (Å²) < 4.78 is 33.1. The summed E-state index contributed by atoms with van der Waals surface area (Å²) in [6, 6.07) is 15.2. The average molecular weight is 482 g/mol. The largest absolute Gasteiger partial charge is 0.503 e. The molecule has 0 amide bonds. The lowest BCUT2D eigenvalue weighted by atomic mass is 9.71. The standard InChI is InChI=1S/C28H29F2NO4/c1-31(2)17-21-6-3-4-15-28(21,34)20-7-5-8-22(16-20)35-27(33)19-11-9-18(10-12-19)23-13-14-24(29)26(32)25(23)30/h5,7-14,16,21,32,34H,3-4,6,15,17H2,1-2H3. The van der Waals surface area contributed by atoms with Crippen molar-refractivity contribution in [2.45, 2.75) is 31.3 Å². The summed E-state index contributed by atoms with van der Waals surface area (Å²) in [5.74, 6) is -3.34. The number of phenols is 1. The van der Waals surface area contributed by atoms with Crippen LogP contribution in [0.2, 0.25) is 0 Å². The maximum absolute atomic E-state index is 14.2. The van der Waals surface area contributed by atoms with E-state index >= 15 is 0 Å². The lowest BCUT2D eigenvalue weighted by molar-refractivity contribution is -0.0619. The van der Waals surface area contributed by atoms with Crippen molar-refractivity contribution < 1.29 is 28.5 Å². The third-order valence-electron chi connectivity index (χ3n) is 6.66. The number of hydrogen-bond donors (Lipinski definition) is 2. The molecule has 0 radical (unpaired) electrons. The molecule has 0 aliphatic heterocycles. The van der Waals surface area contributed by atoms with Crippen molar-refractivity contribution in [2.75, 3.05) is 20.6 Å². The van der Waals surface area contributed by atoms with Crippen LogP contribution in [-0.4, -0.2) is 41.7 Å². The highest BCUT2D eigenvalue weighted by Gasteiger charge is 2.40. The van der Waals surface area contributed by atoms with E-state index in [2.05, 4.69) is 4.90 Å². The van der Waals surface area contributed by atoms with Crippen LogP contribution in [0.25, 0.3) is 11.1 Å². The lowest BCUT2D eigenvalue weighted by Gasteiger charge is -2.41. The molecule has 7 heteroatoms. The van der Waals surface area contributed by atoms with E-state index in [0.29, 0.717) is 17.7 Å². The van der Waals surface area contributed by atoms with E-state index in [0.717, 1.165) is 37.4 Å². The maximum Gasteiger partial charge on any atom is 0.343 e. The van der Waals surface area contributed by atoms with Gasteiger partial charge in [0.2, 0.25) is 0 Å². The Bertz CT molecular complexity index is 1210. The average Bonchev–Trinajstić information content (AvgIpc) is 2.84. The number of nitrogens with zero attached hydrogens (tertiary/aromatic N) is 1. The van der Waals surface area contributed by atoms with Gasteiger partial charge in [-0.3, -0.25) is 0 Å². The first-order valence-electron chi connectivity index (χ1n) is 11.7. The van der Waals surface area contributed by atoms with Crippen LogP contribution < -0.4 is 4.74 Å². The number of rotatable bonds is 6. The molecule has 3 aromatic rings. The molecule has 3 aromatic carbocycles. The zero-order chi connectivity index (χ0) is 25.2. The number of phenolic OH excluding ortho intramolecular Hbond substituents is 1. The van der Waals surface area contributed by atoms with Gasteiger partial charge in [0.1, 0.15) is 5.75 Å². The summed E-state index contributed by atoms with van der Waals surface area (Å²) in [6.45, 7) is 0.763. The van der Waals surface area contributed by atoms with E-state index in [1.165, 1.54) is 30.3 Å². The summed E-state index contributed by atoms with van der Waals surface area (Å²) in [4.78, 5) is 14.8. The van der Waals surface area contributed by atoms with E-state index < -0.39 is 29.0 Å². The number of hydrogen-bond acceptors (Lipinski definition) is 5. The van der Waals surface area contributed by atoms with Gasteiger partial charge in [0, 0.05) is 18.0 Å². The van der Waals surface area contributed by atoms with Crippen molar-refractivity contribution in [3.63, 3.8) is 0 Å². The summed E-state index contributed by atoms with van der Waals surface area (Å²) in [6.07, 6.45) is 3.59. The summed E-state index contributed by atoms with van der Waals surface area (Å²) >= 11 is 0. The molecule has 0 saturated heterocycles. The lowest BCUT2D eigenvalue weighted by Crippen LogP contribution is -2.43. The molecule has 0 heterocycles. The molecule has 35 heavy (non-hydrogen) atoms. The predicted molar refractivity (Wildman–Crippen MR) is 129 cm³/mol. The van der Waals surface area contributed by atoms with Crippen LogP contribution in [-0.2, 0) is 5.60 Å². The fraction of sp³-hybridized carbons (Fsp3) is 0.321. The van der Waals surface area contributed by atoms with Crippen LogP contribution in [0.5, 0.6) is 11.5 Å². The molecule has 2 unspecified atom stereocenters. The Balaban J connectivity index is 1.52. The van der Waals surface area contributed by atoms with Crippen molar-refractivity contribution in [2.24, 2.45) is 5.92 Å². The first kappa shape index (κ1) is 24.8. The molecule has 1 aliphatic carbocycles. The number of carbonyl (C=O) groups excluding carboxylic acids is 1. The summed E-state index contributed by atoms with van der Waals surface area (Å²) in [5, 5.41) is 21.1. The number of aliphatic hydroxyl groups is 1. The molecule has 184 valence electrons. The SMILES string of the molecule is CN(C)CC1CCCCC1(O)c1cccc(OC(=O)c2ccc(-c3ccc(F)c(O)c3F)cc2)c1. The second-order valence-corrected chi connectivity index (χ2v) is 9.38. The molecule has 1 fully saturated rings. The van der Waals surface area contributed by atoms with Crippen LogP contribution >= 0.6 is 0 Å². The minimum atomic E-state index is -1.06. The Morgan fingerprint density at radius 2 is 1.83 bits per heavy atom. The molecule has 5 nitrogen and oxygen atoms in total. The van der Waals surface area contributed by atoms with E-state index in [1.54, 1.807) is 18.2 Å². The van der Waals surface area contributed by atoms with Crippen molar-refractivity contribution in [1.82, 2.24) is 4.90 Å². The number of ether oxygens (including phenoxy) is 1. The van der Waals surface area contributed by atoms with Gasteiger partial charge in [0.05, 0.1) is 11.2 Å². The molecule has 0 bridgehead atoms. The van der Waals surface area contributed by atoms with Crippen molar-refractivity contribution in [3.8, 4) is 22.6 Å². The van der Waals surface area contributed by atoms with Gasteiger partial charge in [0.25, 0.3) is 0 Å². The van der Waals surface area contributed by atoms with E-state index in [1.807, 2.05) is 20.2 Å². The number of esters is 1. The van der Waals surface area contributed by atoms with Gasteiger partial charge in [-0.1, -0.05) is 37.1 Å². The fourth-order valence-electron chi connectivity index (χ4n) is 4.84. The molecule has 4 rings (SSSR count). The van der Waals surface area contributed by atoms with E-state index in [-0.39, 0.29) is 17.0 Å². The van der Waals surface area contributed by atoms with Gasteiger partial charge in [-0.05, 0) is 74.5 Å². The Morgan fingerprint density at radius 1 is 1.09 bits per heavy atom. The van der Waals surface area contributed by atoms with Crippen LogP contribution in [0.3, 0.4) is 0 Å². The quantitative estimate of drug-likeness (QED) is 0.360. The minimum absolute atomic E-state index is 0.0181. The van der Waals surface area contributed by atoms with Gasteiger partial charge in [0.15, 0.2) is 17.4 Å². The number of carbonyl (C=O) groups is 1. The van der Waals surface area contributed by atoms with Crippen LogP contribution in [0.15, 0.2) is 60.7 Å². The van der Waals surface area contributed by atoms with Crippen molar-refractivity contribution in [1.29, 1.82) is 0 Å². The molecule has 0 aromatic heterocycles. The second-order valence-electron chi connectivity index (χ2n) is 9.38. The third-order valence-corrected chi connectivity index (χ3v) is 6.66. The van der Waals surface area contributed by atoms with E-state index in [4.69, 9.17) is 4.74 Å². The van der Waals surface area contributed by atoms with Crippen LogP contribution in [0.4, 0.5) is 8.78 Å². The molecule has 1 aliphatic rings. The molecule has 2 atom stereocenters. The maximum atomic E-state index is 14.2. The second kappa shape index (κ2) is 10.1. The first-order chi connectivity index (χ1) is 16.7. The van der Waals surface area contributed by atoms with Crippen LogP contribution in [0.1, 0.15) is 41.6 Å². The van der Waals surface area contributed by atoms with Crippen molar-refractivity contribution in [3.05, 3.63) is 83.4 Å². The summed E-state index contributed by atoms with van der Waals surface area (Å²) in [7, 11) is 3.98. The topological polar surface area (TPSA) is 70.0 Å². The molecular weight excluding hydrogens is 452 g/mol. The molecule has 0 spiro atoms. The minimum Gasteiger partial charge on any atom is -0.503 e. The fourth-order valence-corrected chi connectivity index (χ4v) is 4.84. The number of aromatic hydroxyl groups is 1. The normalized spacial score (nSPS) is 20.1. The van der Waals surface area contributed by atoms with Crippen molar-refractivity contribution >= 4 is 5.97 Å². The van der Waals surface area contributed by atoms with Gasteiger partial charge in [-0.25, -0.2) is 13.6 Å². The molecule has 2 N–H and O–H groups in total. The Hall–Kier alpha value is -3.29. The monoisotopic (exact) mass is 481 g/mol. The highest BCUT2D eigenvalue weighted by molar-refractivity contribution is 5.91. The predicted octanol–water partition coefficient (Wildman–Crippen LogP) is 5.50. The zero-order valence-corrected chi connectivity index (χ0v) is 19.8. The first-order valence-corrected chi connectivity index (χ1v) is 11.7. The Labute approximate surface area is 203 Å². The zero-order valence-electron chi connectivity index (χ0n) is 19.8. The van der Waals surface area contributed by atoms with Gasteiger partial charge < -0.3 is 19.8 Å².